The normalized spacial score (nSPS) is 15.1. The molecule has 1 fully saturated rings. The lowest BCUT2D eigenvalue weighted by Crippen LogP contribution is -2.28. The van der Waals surface area contributed by atoms with Crippen molar-refractivity contribution >= 4 is 11.8 Å². The molecule has 0 radical (unpaired) electrons. The zero-order valence-electron chi connectivity index (χ0n) is 10.4. The van der Waals surface area contributed by atoms with E-state index < -0.39 is 0 Å². The molecule has 2 amide bonds. The van der Waals surface area contributed by atoms with Gasteiger partial charge in [-0.1, -0.05) is 6.07 Å². The van der Waals surface area contributed by atoms with Crippen LogP contribution in [0.25, 0.3) is 0 Å². The van der Waals surface area contributed by atoms with Crippen LogP contribution in [0.15, 0.2) is 18.2 Å². The number of hydrogen-bond donors (Lipinski definition) is 0. The van der Waals surface area contributed by atoms with Crippen molar-refractivity contribution in [2.75, 3.05) is 14.2 Å². The quantitative estimate of drug-likeness (QED) is 0.756. The van der Waals surface area contributed by atoms with Gasteiger partial charge >= 0.3 is 0 Å². The van der Waals surface area contributed by atoms with Crippen LogP contribution < -0.4 is 9.47 Å². The van der Waals surface area contributed by atoms with Gasteiger partial charge in [-0.25, -0.2) is 0 Å². The van der Waals surface area contributed by atoms with Crippen molar-refractivity contribution in [3.8, 4) is 11.5 Å². The largest absolute Gasteiger partial charge is 0.493 e. The molecule has 0 bridgehead atoms. The van der Waals surface area contributed by atoms with Crippen LogP contribution in [0.3, 0.4) is 0 Å². The maximum atomic E-state index is 11.5. The Labute approximate surface area is 105 Å². The van der Waals surface area contributed by atoms with Crippen LogP contribution in [0.1, 0.15) is 18.4 Å². The van der Waals surface area contributed by atoms with Gasteiger partial charge in [0.15, 0.2) is 11.5 Å². The number of carbonyl (C=O) groups excluding carboxylic acids is 2. The van der Waals surface area contributed by atoms with Gasteiger partial charge < -0.3 is 9.47 Å². The summed E-state index contributed by atoms with van der Waals surface area (Å²) in [7, 11) is 3.11. The zero-order chi connectivity index (χ0) is 13.1. The molecule has 1 heterocycles. The second kappa shape index (κ2) is 5.08. The third-order valence-corrected chi connectivity index (χ3v) is 2.94. The van der Waals surface area contributed by atoms with E-state index >= 15 is 0 Å². The summed E-state index contributed by atoms with van der Waals surface area (Å²) in [6.07, 6.45) is 0.623. The summed E-state index contributed by atoms with van der Waals surface area (Å²) in [5.74, 6) is 0.985. The number of carbonyl (C=O) groups is 2. The fourth-order valence-corrected chi connectivity index (χ4v) is 1.96. The molecular formula is C13H15NO4. The van der Waals surface area contributed by atoms with Crippen molar-refractivity contribution in [2.24, 2.45) is 0 Å². The summed E-state index contributed by atoms with van der Waals surface area (Å²) < 4.78 is 10.3. The fourth-order valence-electron chi connectivity index (χ4n) is 1.96. The van der Waals surface area contributed by atoms with E-state index in [1.807, 2.05) is 6.07 Å². The van der Waals surface area contributed by atoms with E-state index in [4.69, 9.17) is 9.47 Å². The topological polar surface area (TPSA) is 55.8 Å². The molecule has 1 aromatic rings. The molecule has 1 aliphatic heterocycles. The zero-order valence-corrected chi connectivity index (χ0v) is 10.4. The van der Waals surface area contributed by atoms with Crippen LogP contribution in [0.4, 0.5) is 0 Å². The van der Waals surface area contributed by atoms with Crippen LogP contribution in [0, 0.1) is 0 Å². The SMILES string of the molecule is COc1ccc(CN2C(=O)CCC2=O)cc1OC. The molecule has 0 N–H and O–H groups in total. The molecule has 0 spiro atoms. The predicted octanol–water partition coefficient (Wildman–Crippen LogP) is 1.35. The highest BCUT2D eigenvalue weighted by molar-refractivity contribution is 6.01. The Balaban J connectivity index is 2.19. The number of hydrogen-bond acceptors (Lipinski definition) is 4. The van der Waals surface area contributed by atoms with Crippen molar-refractivity contribution in [1.82, 2.24) is 4.90 Å². The molecule has 0 aromatic heterocycles. The molecule has 2 rings (SSSR count). The van der Waals surface area contributed by atoms with E-state index in [-0.39, 0.29) is 18.4 Å². The number of methoxy groups -OCH3 is 2. The van der Waals surface area contributed by atoms with Crippen molar-refractivity contribution in [1.29, 1.82) is 0 Å². The standard InChI is InChI=1S/C13H15NO4/c1-17-10-4-3-9(7-11(10)18-2)8-14-12(15)5-6-13(14)16/h3-4,7H,5-6,8H2,1-2H3. The first-order valence-corrected chi connectivity index (χ1v) is 5.70. The van der Waals surface area contributed by atoms with Crippen molar-refractivity contribution in [3.63, 3.8) is 0 Å². The summed E-state index contributed by atoms with van der Waals surface area (Å²) >= 11 is 0. The molecule has 0 atom stereocenters. The summed E-state index contributed by atoms with van der Waals surface area (Å²) in [6.45, 7) is 0.290. The minimum absolute atomic E-state index is 0.116. The molecule has 18 heavy (non-hydrogen) atoms. The highest BCUT2D eigenvalue weighted by Gasteiger charge is 2.28. The van der Waals surface area contributed by atoms with E-state index in [2.05, 4.69) is 0 Å². The molecule has 1 aromatic carbocycles. The van der Waals surface area contributed by atoms with Crippen LogP contribution in [-0.4, -0.2) is 30.9 Å². The molecule has 1 aliphatic rings. The monoisotopic (exact) mass is 249 g/mol. The molecule has 1 saturated heterocycles. The summed E-state index contributed by atoms with van der Waals surface area (Å²) in [5.41, 5.74) is 0.844. The molecule has 0 aliphatic carbocycles. The lowest BCUT2D eigenvalue weighted by atomic mass is 10.2. The third kappa shape index (κ3) is 2.30. The second-order valence-corrected chi connectivity index (χ2v) is 4.06. The number of imide groups is 1. The van der Waals surface area contributed by atoms with Crippen LogP contribution in [0.5, 0.6) is 11.5 Å². The first kappa shape index (κ1) is 12.4. The van der Waals surface area contributed by atoms with Gasteiger partial charge in [-0.15, -0.1) is 0 Å². The van der Waals surface area contributed by atoms with Gasteiger partial charge in [0, 0.05) is 12.8 Å². The van der Waals surface area contributed by atoms with Gasteiger partial charge in [0.05, 0.1) is 20.8 Å². The average molecular weight is 249 g/mol. The van der Waals surface area contributed by atoms with E-state index in [1.54, 1.807) is 26.4 Å². The van der Waals surface area contributed by atoms with Crippen LogP contribution >= 0.6 is 0 Å². The first-order chi connectivity index (χ1) is 8.65. The smallest absolute Gasteiger partial charge is 0.229 e. The molecule has 0 saturated carbocycles. The highest BCUT2D eigenvalue weighted by atomic mass is 16.5. The average Bonchev–Trinajstić information content (AvgIpc) is 2.70. The van der Waals surface area contributed by atoms with E-state index in [9.17, 15) is 9.59 Å². The summed E-state index contributed by atoms with van der Waals surface area (Å²) in [5, 5.41) is 0. The van der Waals surface area contributed by atoms with E-state index in [0.29, 0.717) is 24.3 Å². The van der Waals surface area contributed by atoms with Crippen molar-refractivity contribution < 1.29 is 19.1 Å². The Hall–Kier alpha value is -2.04. The minimum Gasteiger partial charge on any atom is -0.493 e. The number of likely N-dealkylation sites (tertiary alicyclic amines) is 1. The first-order valence-electron chi connectivity index (χ1n) is 5.70. The molecule has 5 heteroatoms. The minimum atomic E-state index is -0.116. The van der Waals surface area contributed by atoms with Crippen molar-refractivity contribution in [3.05, 3.63) is 23.8 Å². The van der Waals surface area contributed by atoms with Crippen LogP contribution in [0.2, 0.25) is 0 Å². The number of benzene rings is 1. The molecular weight excluding hydrogens is 234 g/mol. The van der Waals surface area contributed by atoms with Gasteiger partial charge in [-0.3, -0.25) is 14.5 Å². The third-order valence-electron chi connectivity index (χ3n) is 2.94. The Morgan fingerprint density at radius 2 is 1.67 bits per heavy atom. The summed E-state index contributed by atoms with van der Waals surface area (Å²) in [6, 6.07) is 5.36. The Bertz CT molecular complexity index is 468. The van der Waals surface area contributed by atoms with Gasteiger partial charge in [0.1, 0.15) is 0 Å². The van der Waals surface area contributed by atoms with Gasteiger partial charge in [-0.2, -0.15) is 0 Å². The number of rotatable bonds is 4. The Morgan fingerprint density at radius 1 is 1.06 bits per heavy atom. The Morgan fingerprint density at radius 3 is 2.22 bits per heavy atom. The maximum absolute atomic E-state index is 11.5. The lowest BCUT2D eigenvalue weighted by molar-refractivity contribution is -0.139. The van der Waals surface area contributed by atoms with E-state index in [0.717, 1.165) is 5.56 Å². The molecule has 5 nitrogen and oxygen atoms in total. The fraction of sp³-hybridized carbons (Fsp3) is 0.385. The van der Waals surface area contributed by atoms with Gasteiger partial charge in [0.25, 0.3) is 0 Å². The molecule has 0 unspecified atom stereocenters. The Kier molecular flexibility index (Phi) is 3.50. The number of amides is 2. The van der Waals surface area contributed by atoms with Crippen molar-refractivity contribution in [2.45, 2.75) is 19.4 Å². The number of nitrogens with zero attached hydrogens (tertiary/aromatic N) is 1. The predicted molar refractivity (Wildman–Crippen MR) is 64.3 cm³/mol. The number of ether oxygens (including phenoxy) is 2. The van der Waals surface area contributed by atoms with Crippen LogP contribution in [-0.2, 0) is 16.1 Å². The second-order valence-electron chi connectivity index (χ2n) is 4.06. The summed E-state index contributed by atoms with van der Waals surface area (Å²) in [4.78, 5) is 24.3. The maximum Gasteiger partial charge on any atom is 0.229 e. The van der Waals surface area contributed by atoms with Gasteiger partial charge in [-0.05, 0) is 17.7 Å². The molecule has 96 valence electrons. The lowest BCUT2D eigenvalue weighted by Gasteiger charge is -2.15. The van der Waals surface area contributed by atoms with Gasteiger partial charge in [0.2, 0.25) is 11.8 Å². The highest BCUT2D eigenvalue weighted by Crippen LogP contribution is 2.28. The van der Waals surface area contributed by atoms with E-state index in [1.165, 1.54) is 4.90 Å².